The van der Waals surface area contributed by atoms with E-state index in [0.717, 1.165) is 27.8 Å². The fourth-order valence-corrected chi connectivity index (χ4v) is 3.76. The van der Waals surface area contributed by atoms with E-state index in [1.807, 2.05) is 28.8 Å². The van der Waals surface area contributed by atoms with Crippen LogP contribution in [-0.2, 0) is 6.54 Å². The van der Waals surface area contributed by atoms with Gasteiger partial charge in [-0.3, -0.25) is 10.1 Å². The molecule has 0 saturated carbocycles. The summed E-state index contributed by atoms with van der Waals surface area (Å²) in [6, 6.07) is 13.7. The van der Waals surface area contributed by atoms with Crippen molar-refractivity contribution in [2.24, 2.45) is 0 Å². The number of nitro groups is 1. The zero-order chi connectivity index (χ0) is 17.6. The maximum absolute atomic E-state index is 10.8. The second-order valence-electron chi connectivity index (χ2n) is 6.13. The number of nitro benzene ring substituents is 1. The molecule has 0 spiro atoms. The van der Waals surface area contributed by atoms with Crippen LogP contribution in [-0.4, -0.2) is 19.6 Å². The van der Waals surface area contributed by atoms with Crippen LogP contribution in [0, 0.1) is 14.8 Å². The van der Waals surface area contributed by atoms with Gasteiger partial charge in [-0.25, -0.2) is 4.98 Å². The number of nitrogens with zero attached hydrogens (tertiary/aromatic N) is 3. The zero-order valence-corrected chi connectivity index (χ0v) is 14.0. The molecule has 1 N–H and O–H groups in total. The van der Waals surface area contributed by atoms with E-state index >= 15 is 0 Å². The summed E-state index contributed by atoms with van der Waals surface area (Å²) >= 11 is 5.59. The Labute approximate surface area is 148 Å². The van der Waals surface area contributed by atoms with E-state index < -0.39 is 11.0 Å². The molecule has 0 amide bonds. The lowest BCUT2D eigenvalue weighted by Gasteiger charge is -2.18. The third-order valence-electron chi connectivity index (χ3n) is 4.71. The number of aromatic nitrogens is 2. The number of hydrogen-bond donors (Lipinski definition) is 1. The minimum Gasteiger partial charge on any atom is -0.388 e. The fourth-order valence-electron chi connectivity index (χ4n) is 3.41. The van der Waals surface area contributed by atoms with E-state index in [4.69, 9.17) is 17.2 Å². The predicted molar refractivity (Wildman–Crippen MR) is 96.0 cm³/mol. The molecular formula is C18H15N3O3S. The number of aliphatic hydroxyl groups excluding tert-OH is 1. The summed E-state index contributed by atoms with van der Waals surface area (Å²) in [5, 5.41) is 22.5. The van der Waals surface area contributed by atoms with E-state index in [1.165, 1.54) is 12.1 Å². The normalized spacial score (nSPS) is 17.4. The van der Waals surface area contributed by atoms with Crippen LogP contribution in [0.1, 0.15) is 29.8 Å². The molecule has 1 aromatic heterocycles. The second kappa shape index (κ2) is 6.02. The molecule has 0 radical (unpaired) electrons. The number of aliphatic hydroxyl groups is 1. The van der Waals surface area contributed by atoms with Crippen molar-refractivity contribution in [3.8, 4) is 0 Å². The van der Waals surface area contributed by atoms with Crippen LogP contribution in [0.5, 0.6) is 0 Å². The molecule has 2 aromatic carbocycles. The molecular weight excluding hydrogens is 338 g/mol. The number of fused-ring (bicyclic) bond motifs is 2. The maximum Gasteiger partial charge on any atom is 0.269 e. The van der Waals surface area contributed by atoms with Gasteiger partial charge in [0.1, 0.15) is 10.5 Å². The highest BCUT2D eigenvalue weighted by Gasteiger charge is 2.32. The van der Waals surface area contributed by atoms with Gasteiger partial charge in [0.15, 0.2) is 0 Å². The standard InChI is InChI=1S/C18H15N3O3S/c22-16(11-5-7-12(8-6-11)21(23)24)14-9-10-20-17(14)19-15-4-2-1-3-13(15)18(20)25/h1-8,14,16,22H,9-10H2. The Morgan fingerprint density at radius 3 is 2.68 bits per heavy atom. The number of non-ortho nitro benzene ring substituents is 1. The average Bonchev–Trinajstić information content (AvgIpc) is 3.05. The van der Waals surface area contributed by atoms with E-state index in [0.29, 0.717) is 12.1 Å². The van der Waals surface area contributed by atoms with Gasteiger partial charge in [-0.2, -0.15) is 0 Å². The van der Waals surface area contributed by atoms with E-state index in [9.17, 15) is 15.2 Å². The predicted octanol–water partition coefficient (Wildman–Crippen LogP) is 3.89. The zero-order valence-electron chi connectivity index (χ0n) is 13.2. The first kappa shape index (κ1) is 15.9. The maximum atomic E-state index is 10.8. The number of rotatable bonds is 3. The molecule has 2 unspecified atom stereocenters. The largest absolute Gasteiger partial charge is 0.388 e. The quantitative estimate of drug-likeness (QED) is 0.439. The molecule has 1 aliphatic heterocycles. The van der Waals surface area contributed by atoms with Crippen LogP contribution in [0.25, 0.3) is 10.9 Å². The first-order chi connectivity index (χ1) is 12.1. The van der Waals surface area contributed by atoms with Gasteiger partial charge in [0.05, 0.1) is 16.5 Å². The van der Waals surface area contributed by atoms with Gasteiger partial charge in [-0.15, -0.1) is 0 Å². The highest BCUT2D eigenvalue weighted by Crippen LogP contribution is 2.39. The molecule has 3 aromatic rings. The van der Waals surface area contributed by atoms with Crippen molar-refractivity contribution in [1.29, 1.82) is 0 Å². The molecule has 0 saturated heterocycles. The van der Waals surface area contributed by atoms with Crippen molar-refractivity contribution >= 4 is 28.8 Å². The lowest BCUT2D eigenvalue weighted by Crippen LogP contribution is -2.11. The van der Waals surface area contributed by atoms with Crippen LogP contribution in [0.15, 0.2) is 48.5 Å². The van der Waals surface area contributed by atoms with Gasteiger partial charge in [-0.1, -0.05) is 24.4 Å². The van der Waals surface area contributed by atoms with Gasteiger partial charge >= 0.3 is 0 Å². The summed E-state index contributed by atoms with van der Waals surface area (Å²) in [5.41, 5.74) is 1.47. The smallest absolute Gasteiger partial charge is 0.269 e. The van der Waals surface area contributed by atoms with Crippen LogP contribution < -0.4 is 0 Å². The van der Waals surface area contributed by atoms with Crippen LogP contribution in [0.3, 0.4) is 0 Å². The summed E-state index contributed by atoms with van der Waals surface area (Å²) in [7, 11) is 0. The SMILES string of the molecule is O=[N+]([O-])c1ccc(C(O)C2CCn3c2nc2ccccc2c3=S)cc1. The lowest BCUT2D eigenvalue weighted by atomic mass is 9.94. The van der Waals surface area contributed by atoms with Crippen LogP contribution >= 0.6 is 12.2 Å². The van der Waals surface area contributed by atoms with E-state index in [1.54, 1.807) is 12.1 Å². The van der Waals surface area contributed by atoms with Gasteiger partial charge in [0.25, 0.3) is 5.69 Å². The Morgan fingerprint density at radius 2 is 1.96 bits per heavy atom. The minimum atomic E-state index is -0.780. The molecule has 25 heavy (non-hydrogen) atoms. The van der Waals surface area contributed by atoms with Crippen molar-refractivity contribution in [2.75, 3.05) is 0 Å². The fraction of sp³-hybridized carbons (Fsp3) is 0.222. The van der Waals surface area contributed by atoms with Crippen molar-refractivity contribution in [1.82, 2.24) is 9.55 Å². The second-order valence-corrected chi connectivity index (χ2v) is 6.52. The summed E-state index contributed by atoms with van der Waals surface area (Å²) in [6.07, 6.45) is -0.0527. The monoisotopic (exact) mass is 353 g/mol. The van der Waals surface area contributed by atoms with Gasteiger partial charge in [0.2, 0.25) is 0 Å². The number of para-hydroxylation sites is 1. The Balaban J connectivity index is 1.74. The molecule has 0 aliphatic carbocycles. The Bertz CT molecular complexity index is 1030. The van der Waals surface area contributed by atoms with Crippen LogP contribution in [0.2, 0.25) is 0 Å². The molecule has 1 aliphatic rings. The molecule has 0 bridgehead atoms. The molecule has 4 rings (SSSR count). The third-order valence-corrected chi connectivity index (χ3v) is 5.15. The van der Waals surface area contributed by atoms with Crippen LogP contribution in [0.4, 0.5) is 5.69 Å². The van der Waals surface area contributed by atoms with Crippen molar-refractivity contribution in [3.63, 3.8) is 0 Å². The topological polar surface area (TPSA) is 81.2 Å². The summed E-state index contributed by atoms with van der Waals surface area (Å²) in [6.45, 7) is 0.709. The highest BCUT2D eigenvalue weighted by molar-refractivity contribution is 7.71. The molecule has 126 valence electrons. The van der Waals surface area contributed by atoms with Gasteiger partial charge in [-0.05, 0) is 36.2 Å². The van der Waals surface area contributed by atoms with E-state index in [-0.39, 0.29) is 11.6 Å². The number of hydrogen-bond acceptors (Lipinski definition) is 5. The lowest BCUT2D eigenvalue weighted by molar-refractivity contribution is -0.384. The van der Waals surface area contributed by atoms with Crippen molar-refractivity contribution in [2.45, 2.75) is 25.0 Å². The average molecular weight is 353 g/mol. The van der Waals surface area contributed by atoms with Gasteiger partial charge in [0, 0.05) is 30.0 Å². The number of benzene rings is 2. The van der Waals surface area contributed by atoms with Crippen molar-refractivity contribution < 1.29 is 10.0 Å². The first-order valence-corrected chi connectivity index (χ1v) is 8.39. The summed E-state index contributed by atoms with van der Waals surface area (Å²) < 4.78 is 2.72. The van der Waals surface area contributed by atoms with Crippen molar-refractivity contribution in [3.05, 3.63) is 74.7 Å². The van der Waals surface area contributed by atoms with Gasteiger partial charge < -0.3 is 9.67 Å². The highest BCUT2D eigenvalue weighted by atomic mass is 32.1. The first-order valence-electron chi connectivity index (χ1n) is 7.98. The third kappa shape index (κ3) is 2.61. The molecule has 2 heterocycles. The summed E-state index contributed by atoms with van der Waals surface area (Å²) in [5.74, 6) is 0.585. The molecule has 7 heteroatoms. The molecule has 0 fully saturated rings. The molecule has 6 nitrogen and oxygen atoms in total. The Morgan fingerprint density at radius 1 is 1.24 bits per heavy atom. The summed E-state index contributed by atoms with van der Waals surface area (Å²) in [4.78, 5) is 15.1. The minimum absolute atomic E-state index is 0.00844. The Kier molecular flexibility index (Phi) is 3.82. The van der Waals surface area contributed by atoms with E-state index in [2.05, 4.69) is 0 Å². The Hall–Kier alpha value is -2.64. The molecule has 2 atom stereocenters.